The molecule has 0 aliphatic rings. The highest BCUT2D eigenvalue weighted by Crippen LogP contribution is 2.15. The minimum atomic E-state index is 0.283. The molecule has 0 bridgehead atoms. The van der Waals surface area contributed by atoms with Crippen molar-refractivity contribution in [3.05, 3.63) is 11.9 Å². The normalized spacial score (nSPS) is 10.8. The van der Waals surface area contributed by atoms with Gasteiger partial charge in [0.2, 0.25) is 0 Å². The first-order chi connectivity index (χ1) is 5.20. The molecule has 0 atom stereocenters. The number of nitrogens with one attached hydrogen (secondary N) is 1. The monoisotopic (exact) mass is 154 g/mol. The highest BCUT2D eigenvalue weighted by atomic mass is 16.3. The smallest absolute Gasteiger partial charge is 0.156 e. The maximum Gasteiger partial charge on any atom is 0.156 e. The lowest BCUT2D eigenvalue weighted by atomic mass is 10.1. The highest BCUT2D eigenvalue weighted by Gasteiger charge is 2.03. The van der Waals surface area contributed by atoms with E-state index >= 15 is 0 Å². The van der Waals surface area contributed by atoms with Crippen molar-refractivity contribution in [2.45, 2.75) is 26.7 Å². The van der Waals surface area contributed by atoms with Crippen molar-refractivity contribution in [1.82, 2.24) is 10.2 Å². The van der Waals surface area contributed by atoms with Crippen LogP contribution >= 0.6 is 0 Å². The Balaban J connectivity index is 2.44. The van der Waals surface area contributed by atoms with E-state index in [1.54, 1.807) is 0 Å². The third-order valence-corrected chi connectivity index (χ3v) is 1.67. The number of H-pyrrole nitrogens is 1. The molecule has 1 aromatic heterocycles. The third kappa shape index (κ3) is 2.26. The molecule has 0 saturated heterocycles. The average molecular weight is 154 g/mol. The van der Waals surface area contributed by atoms with E-state index in [2.05, 4.69) is 24.0 Å². The van der Waals surface area contributed by atoms with Crippen LogP contribution in [0.5, 0.6) is 5.75 Å². The van der Waals surface area contributed by atoms with Crippen LogP contribution in [0.3, 0.4) is 0 Å². The van der Waals surface area contributed by atoms with Crippen molar-refractivity contribution in [3.63, 3.8) is 0 Å². The Bertz CT molecular complexity index is 218. The molecule has 0 aliphatic heterocycles. The van der Waals surface area contributed by atoms with Gasteiger partial charge in [-0.25, -0.2) is 0 Å². The molecule has 0 amide bonds. The topological polar surface area (TPSA) is 48.9 Å². The summed E-state index contributed by atoms with van der Waals surface area (Å²) >= 11 is 0. The Kier molecular flexibility index (Phi) is 2.52. The Morgan fingerprint density at radius 3 is 2.82 bits per heavy atom. The summed E-state index contributed by atoms with van der Waals surface area (Å²) in [6.45, 7) is 4.32. The van der Waals surface area contributed by atoms with Crippen LogP contribution in [0.4, 0.5) is 0 Å². The summed E-state index contributed by atoms with van der Waals surface area (Å²) in [6.07, 6.45) is 3.40. The Morgan fingerprint density at radius 2 is 2.36 bits per heavy atom. The molecule has 3 heteroatoms. The van der Waals surface area contributed by atoms with E-state index in [0.29, 0.717) is 5.92 Å². The predicted molar refractivity (Wildman–Crippen MR) is 43.4 cm³/mol. The zero-order valence-electron chi connectivity index (χ0n) is 6.96. The van der Waals surface area contributed by atoms with E-state index in [1.807, 2.05) is 0 Å². The molecule has 0 saturated carbocycles. The van der Waals surface area contributed by atoms with Gasteiger partial charge in [-0.2, -0.15) is 5.10 Å². The summed E-state index contributed by atoms with van der Waals surface area (Å²) in [4.78, 5) is 0. The van der Waals surface area contributed by atoms with E-state index in [9.17, 15) is 0 Å². The summed E-state index contributed by atoms with van der Waals surface area (Å²) < 4.78 is 0. The van der Waals surface area contributed by atoms with Gasteiger partial charge in [0.05, 0.1) is 11.9 Å². The second-order valence-corrected chi connectivity index (χ2v) is 3.17. The van der Waals surface area contributed by atoms with Crippen LogP contribution in [0.15, 0.2) is 6.20 Å². The molecule has 0 aliphatic carbocycles. The molecule has 62 valence electrons. The van der Waals surface area contributed by atoms with Gasteiger partial charge in [-0.3, -0.25) is 5.10 Å². The number of aromatic amines is 1. The Morgan fingerprint density at radius 1 is 1.64 bits per heavy atom. The Labute approximate surface area is 66.4 Å². The number of hydrogen-bond acceptors (Lipinski definition) is 2. The van der Waals surface area contributed by atoms with Gasteiger partial charge in [-0.1, -0.05) is 13.8 Å². The van der Waals surface area contributed by atoms with Gasteiger partial charge in [0.15, 0.2) is 5.75 Å². The average Bonchev–Trinajstić information content (AvgIpc) is 2.31. The summed E-state index contributed by atoms with van der Waals surface area (Å²) in [7, 11) is 0. The lowest BCUT2D eigenvalue weighted by molar-refractivity contribution is 0.463. The van der Waals surface area contributed by atoms with Crippen molar-refractivity contribution in [3.8, 4) is 5.75 Å². The number of nitrogens with zero attached hydrogens (tertiary/aromatic N) is 1. The van der Waals surface area contributed by atoms with Gasteiger partial charge in [-0.15, -0.1) is 0 Å². The van der Waals surface area contributed by atoms with E-state index < -0.39 is 0 Å². The van der Waals surface area contributed by atoms with Gasteiger partial charge < -0.3 is 5.11 Å². The second-order valence-electron chi connectivity index (χ2n) is 3.17. The molecule has 0 aromatic carbocycles. The molecule has 0 spiro atoms. The fourth-order valence-electron chi connectivity index (χ4n) is 0.924. The molecular formula is C8H14N2O. The first kappa shape index (κ1) is 8.11. The summed E-state index contributed by atoms with van der Waals surface area (Å²) in [6, 6.07) is 0. The maximum atomic E-state index is 9.17. The van der Waals surface area contributed by atoms with Gasteiger partial charge in [0.25, 0.3) is 0 Å². The molecule has 0 unspecified atom stereocenters. The van der Waals surface area contributed by atoms with Crippen LogP contribution in [-0.4, -0.2) is 15.3 Å². The SMILES string of the molecule is CC(C)CCc1[nH]ncc1O. The number of hydrogen-bond donors (Lipinski definition) is 2. The van der Waals surface area contributed by atoms with Crippen molar-refractivity contribution in [2.24, 2.45) is 5.92 Å². The first-order valence-corrected chi connectivity index (χ1v) is 3.91. The van der Waals surface area contributed by atoms with Crippen molar-refractivity contribution in [1.29, 1.82) is 0 Å². The lowest BCUT2D eigenvalue weighted by Crippen LogP contribution is -1.92. The van der Waals surface area contributed by atoms with E-state index in [4.69, 9.17) is 5.11 Å². The summed E-state index contributed by atoms with van der Waals surface area (Å²) in [5.41, 5.74) is 0.846. The van der Waals surface area contributed by atoms with E-state index in [-0.39, 0.29) is 5.75 Å². The lowest BCUT2D eigenvalue weighted by Gasteiger charge is -2.01. The largest absolute Gasteiger partial charge is 0.504 e. The first-order valence-electron chi connectivity index (χ1n) is 3.91. The number of aryl methyl sites for hydroxylation is 1. The van der Waals surface area contributed by atoms with Crippen LogP contribution in [0, 0.1) is 5.92 Å². The van der Waals surface area contributed by atoms with E-state index in [1.165, 1.54) is 6.20 Å². The summed E-state index contributed by atoms with van der Waals surface area (Å²) in [5.74, 6) is 0.948. The van der Waals surface area contributed by atoms with Crippen molar-refractivity contribution in [2.75, 3.05) is 0 Å². The van der Waals surface area contributed by atoms with Crippen LogP contribution in [0.1, 0.15) is 26.0 Å². The minimum Gasteiger partial charge on any atom is -0.504 e. The van der Waals surface area contributed by atoms with Crippen LogP contribution in [0.25, 0.3) is 0 Å². The van der Waals surface area contributed by atoms with Crippen molar-refractivity contribution < 1.29 is 5.11 Å². The molecule has 0 radical (unpaired) electrons. The standard InChI is InChI=1S/C8H14N2O/c1-6(2)3-4-7-8(11)5-9-10-7/h5-6,11H,3-4H2,1-2H3,(H,9,10). The highest BCUT2D eigenvalue weighted by molar-refractivity contribution is 5.21. The van der Waals surface area contributed by atoms with Crippen LogP contribution in [0.2, 0.25) is 0 Å². The second kappa shape index (κ2) is 3.42. The van der Waals surface area contributed by atoms with Gasteiger partial charge in [-0.05, 0) is 18.8 Å². The third-order valence-electron chi connectivity index (χ3n) is 1.67. The van der Waals surface area contributed by atoms with Gasteiger partial charge >= 0.3 is 0 Å². The molecule has 1 aromatic rings. The molecule has 3 nitrogen and oxygen atoms in total. The molecular weight excluding hydrogens is 140 g/mol. The number of aromatic nitrogens is 2. The van der Waals surface area contributed by atoms with Gasteiger partial charge in [0.1, 0.15) is 0 Å². The van der Waals surface area contributed by atoms with Crippen LogP contribution < -0.4 is 0 Å². The number of aromatic hydroxyl groups is 1. The predicted octanol–water partition coefficient (Wildman–Crippen LogP) is 1.70. The molecule has 0 fully saturated rings. The summed E-state index contributed by atoms with van der Waals surface area (Å²) in [5, 5.41) is 15.7. The zero-order chi connectivity index (χ0) is 8.27. The Hall–Kier alpha value is -0.990. The van der Waals surface area contributed by atoms with Crippen LogP contribution in [-0.2, 0) is 6.42 Å². The zero-order valence-corrected chi connectivity index (χ0v) is 6.96. The fourth-order valence-corrected chi connectivity index (χ4v) is 0.924. The minimum absolute atomic E-state index is 0.283. The molecule has 1 rings (SSSR count). The van der Waals surface area contributed by atoms with Gasteiger partial charge in [0, 0.05) is 0 Å². The number of rotatable bonds is 3. The fraction of sp³-hybridized carbons (Fsp3) is 0.625. The van der Waals surface area contributed by atoms with E-state index in [0.717, 1.165) is 18.5 Å². The molecule has 1 heterocycles. The molecule has 2 N–H and O–H groups in total. The quantitative estimate of drug-likeness (QED) is 0.696. The molecule has 11 heavy (non-hydrogen) atoms. The van der Waals surface area contributed by atoms with Crippen molar-refractivity contribution >= 4 is 0 Å². The maximum absolute atomic E-state index is 9.17.